The number of nitrogens with one attached hydrogen (secondary N) is 1. The van der Waals surface area contributed by atoms with Gasteiger partial charge in [-0.15, -0.1) is 0 Å². The van der Waals surface area contributed by atoms with Crippen LogP contribution in [0, 0.1) is 0 Å². The molecule has 2 aliphatic rings. The van der Waals surface area contributed by atoms with Gasteiger partial charge in [0.2, 0.25) is 0 Å². The Hall–Kier alpha value is -2.53. The summed E-state index contributed by atoms with van der Waals surface area (Å²) in [6.07, 6.45) is 15.9. The minimum absolute atomic E-state index is 0.412. The number of fused-ring (bicyclic) bond motifs is 2. The smallest absolute Gasteiger partial charge is 0.411 e. The van der Waals surface area contributed by atoms with Crippen LogP contribution in [0.4, 0.5) is 10.5 Å². The maximum Gasteiger partial charge on any atom is 0.411 e. The van der Waals surface area contributed by atoms with Gasteiger partial charge in [0.15, 0.2) is 0 Å². The second-order valence-electron chi connectivity index (χ2n) is 8.25. The van der Waals surface area contributed by atoms with Crippen LogP contribution in [0.15, 0.2) is 47.1 Å². The number of hydrogen-bond donors (Lipinski definition) is 1. The van der Waals surface area contributed by atoms with E-state index in [1.165, 1.54) is 37.8 Å². The summed E-state index contributed by atoms with van der Waals surface area (Å²) in [6, 6.07) is 6.49. The number of carbonyl (C=O) groups is 1. The van der Waals surface area contributed by atoms with Gasteiger partial charge in [0, 0.05) is 29.2 Å². The number of allylic oxidation sites excluding steroid dienone is 3. The summed E-state index contributed by atoms with van der Waals surface area (Å²) in [7, 11) is 0. The molecule has 30 heavy (non-hydrogen) atoms. The van der Waals surface area contributed by atoms with Crippen LogP contribution in [0.25, 0.3) is 16.5 Å². The Morgan fingerprint density at radius 3 is 3.17 bits per heavy atom. The first kappa shape index (κ1) is 20.7. The predicted molar refractivity (Wildman–Crippen MR) is 122 cm³/mol. The Morgan fingerprint density at radius 2 is 2.27 bits per heavy atom. The monoisotopic (exact) mass is 408 g/mol. The molecule has 0 radical (unpaired) electrons. The molecule has 1 atom stereocenters. The topological polar surface area (TPSA) is 54.7 Å². The molecule has 1 saturated heterocycles. The Bertz CT molecular complexity index is 928. The lowest BCUT2D eigenvalue weighted by Crippen LogP contribution is -2.38. The predicted octanol–water partition coefficient (Wildman–Crippen LogP) is 6.37. The van der Waals surface area contributed by atoms with Crippen LogP contribution in [0.1, 0.15) is 57.4 Å². The van der Waals surface area contributed by atoms with Crippen LogP contribution in [-0.2, 0) is 4.74 Å². The maximum atomic E-state index is 12.1. The van der Waals surface area contributed by atoms with Crippen molar-refractivity contribution in [2.45, 2.75) is 57.9 Å². The van der Waals surface area contributed by atoms with Crippen LogP contribution in [-0.4, -0.2) is 36.7 Å². The molecule has 0 bridgehead atoms. The molecule has 4 rings (SSSR count). The molecule has 5 heteroatoms. The minimum atomic E-state index is -0.412. The van der Waals surface area contributed by atoms with Gasteiger partial charge < -0.3 is 9.15 Å². The summed E-state index contributed by atoms with van der Waals surface area (Å²) >= 11 is 0. The van der Waals surface area contributed by atoms with Crippen molar-refractivity contribution in [1.82, 2.24) is 4.90 Å². The number of benzene rings is 1. The molecule has 2 aliphatic heterocycles. The van der Waals surface area contributed by atoms with Gasteiger partial charge in [0.05, 0.1) is 12.9 Å². The molecule has 0 saturated carbocycles. The number of carbonyl (C=O) groups excluding carboxylic acids is 1. The zero-order valence-corrected chi connectivity index (χ0v) is 17.9. The number of ether oxygens (including phenoxy) is 1. The van der Waals surface area contributed by atoms with Crippen molar-refractivity contribution < 1.29 is 13.9 Å². The van der Waals surface area contributed by atoms with Gasteiger partial charge in [-0.3, -0.25) is 10.2 Å². The van der Waals surface area contributed by atoms with Gasteiger partial charge >= 0.3 is 6.09 Å². The molecule has 1 amide bonds. The summed E-state index contributed by atoms with van der Waals surface area (Å²) in [5, 5.41) is 3.90. The van der Waals surface area contributed by atoms with Crippen LogP contribution >= 0.6 is 0 Å². The Labute approximate surface area is 178 Å². The molecule has 1 unspecified atom stereocenters. The van der Waals surface area contributed by atoms with E-state index in [1.807, 2.05) is 37.5 Å². The third kappa shape index (κ3) is 4.96. The van der Waals surface area contributed by atoms with Crippen LogP contribution in [0.2, 0.25) is 0 Å². The highest BCUT2D eigenvalue weighted by molar-refractivity contribution is 5.95. The van der Waals surface area contributed by atoms with E-state index >= 15 is 0 Å². The molecule has 0 spiro atoms. The number of rotatable bonds is 6. The first-order valence-corrected chi connectivity index (χ1v) is 11.2. The molecule has 5 nitrogen and oxygen atoms in total. The standard InChI is InChI=1S/C25H32N2O3/c1-2-3-4-7-16-29-25(28)26-20-10-12-24-22(17-20)23(18-30-24)19-9-11-21-8-5-6-14-27(21)15-13-19/h2-3,10,12-13,17-18,21H,4-9,11,14-16H2,1H3,(H,26,28)/b3-2+. The lowest BCUT2D eigenvalue weighted by Gasteiger charge is -2.33. The average molecular weight is 409 g/mol. The van der Waals surface area contributed by atoms with E-state index in [0.717, 1.165) is 48.0 Å². The second kappa shape index (κ2) is 9.98. The number of anilines is 1. The van der Waals surface area contributed by atoms with E-state index < -0.39 is 6.09 Å². The van der Waals surface area contributed by atoms with Crippen molar-refractivity contribution in [2.75, 3.05) is 25.0 Å². The van der Waals surface area contributed by atoms with Gasteiger partial charge in [-0.1, -0.05) is 24.6 Å². The first-order chi connectivity index (χ1) is 14.7. The van der Waals surface area contributed by atoms with Gasteiger partial charge in [-0.05, 0) is 75.8 Å². The molecule has 0 aliphatic carbocycles. The zero-order chi connectivity index (χ0) is 20.8. The second-order valence-corrected chi connectivity index (χ2v) is 8.25. The summed E-state index contributed by atoms with van der Waals surface area (Å²) in [4.78, 5) is 14.7. The number of amides is 1. The highest BCUT2D eigenvalue weighted by Crippen LogP contribution is 2.35. The maximum absolute atomic E-state index is 12.1. The van der Waals surface area contributed by atoms with Crippen molar-refractivity contribution >= 4 is 28.3 Å². The van der Waals surface area contributed by atoms with Gasteiger partial charge in [-0.25, -0.2) is 4.79 Å². The zero-order valence-electron chi connectivity index (χ0n) is 17.9. The molecule has 1 fully saturated rings. The van der Waals surface area contributed by atoms with Crippen molar-refractivity contribution in [3.05, 3.63) is 48.3 Å². The Morgan fingerprint density at radius 1 is 1.33 bits per heavy atom. The lowest BCUT2D eigenvalue weighted by molar-refractivity contribution is 0.160. The highest BCUT2D eigenvalue weighted by Gasteiger charge is 2.25. The molecule has 1 aromatic carbocycles. The van der Waals surface area contributed by atoms with E-state index in [2.05, 4.69) is 22.4 Å². The fraction of sp³-hybridized carbons (Fsp3) is 0.480. The number of furan rings is 1. The Kier molecular flexibility index (Phi) is 6.90. The Balaban J connectivity index is 1.44. The van der Waals surface area contributed by atoms with Crippen molar-refractivity contribution in [2.24, 2.45) is 0 Å². The molecular formula is C25H32N2O3. The number of nitrogens with zero attached hydrogens (tertiary/aromatic N) is 1. The fourth-order valence-electron chi connectivity index (χ4n) is 4.57. The van der Waals surface area contributed by atoms with Crippen LogP contribution in [0.3, 0.4) is 0 Å². The van der Waals surface area contributed by atoms with E-state index in [0.29, 0.717) is 12.6 Å². The normalized spacial score (nSPS) is 20.0. The number of hydrogen-bond acceptors (Lipinski definition) is 4. The first-order valence-electron chi connectivity index (χ1n) is 11.2. The largest absolute Gasteiger partial charge is 0.464 e. The summed E-state index contributed by atoms with van der Waals surface area (Å²) in [6.45, 7) is 4.64. The fourth-order valence-corrected chi connectivity index (χ4v) is 4.57. The number of unbranched alkanes of at least 4 members (excludes halogenated alkanes) is 1. The van der Waals surface area contributed by atoms with E-state index in [9.17, 15) is 4.79 Å². The number of piperidine rings is 1. The van der Waals surface area contributed by atoms with Crippen LogP contribution < -0.4 is 5.32 Å². The van der Waals surface area contributed by atoms with E-state index in [-0.39, 0.29) is 0 Å². The molecule has 2 aromatic rings. The average Bonchev–Trinajstić information content (AvgIpc) is 3.05. The van der Waals surface area contributed by atoms with E-state index in [1.54, 1.807) is 0 Å². The summed E-state index contributed by atoms with van der Waals surface area (Å²) < 4.78 is 11.1. The van der Waals surface area contributed by atoms with Crippen molar-refractivity contribution in [3.63, 3.8) is 0 Å². The third-order valence-corrected chi connectivity index (χ3v) is 6.22. The third-order valence-electron chi connectivity index (χ3n) is 6.22. The van der Waals surface area contributed by atoms with Gasteiger partial charge in [0.25, 0.3) is 0 Å². The minimum Gasteiger partial charge on any atom is -0.464 e. The lowest BCUT2D eigenvalue weighted by atomic mass is 9.95. The van der Waals surface area contributed by atoms with Crippen LogP contribution in [0.5, 0.6) is 0 Å². The van der Waals surface area contributed by atoms with Gasteiger partial charge in [-0.2, -0.15) is 0 Å². The van der Waals surface area contributed by atoms with E-state index in [4.69, 9.17) is 9.15 Å². The van der Waals surface area contributed by atoms with Crippen molar-refractivity contribution in [1.29, 1.82) is 0 Å². The summed E-state index contributed by atoms with van der Waals surface area (Å²) in [5.74, 6) is 0. The summed E-state index contributed by atoms with van der Waals surface area (Å²) in [5.41, 5.74) is 4.08. The van der Waals surface area contributed by atoms with Crippen molar-refractivity contribution in [3.8, 4) is 0 Å². The highest BCUT2D eigenvalue weighted by atomic mass is 16.5. The molecule has 160 valence electrons. The SMILES string of the molecule is C/C=C/CCCOC(=O)Nc1ccc2occ(C3=CCN4CCCCC4CC3)c2c1. The van der Waals surface area contributed by atoms with Gasteiger partial charge in [0.1, 0.15) is 5.58 Å². The molecule has 1 N–H and O–H groups in total. The molecule has 3 heterocycles. The molecule has 1 aromatic heterocycles. The molecular weight excluding hydrogens is 376 g/mol. The quantitative estimate of drug-likeness (QED) is 0.446.